The van der Waals surface area contributed by atoms with E-state index in [1.54, 1.807) is 34.1 Å². The fourth-order valence-electron chi connectivity index (χ4n) is 5.16. The van der Waals surface area contributed by atoms with Crippen LogP contribution in [-0.2, 0) is 14.3 Å². The third-order valence-electron chi connectivity index (χ3n) is 7.31. The van der Waals surface area contributed by atoms with Gasteiger partial charge in [0.25, 0.3) is 5.69 Å². The first-order chi connectivity index (χ1) is 18.6. The Kier molecular flexibility index (Phi) is 8.30. The zero-order valence-corrected chi connectivity index (χ0v) is 23.3. The number of esters is 1. The van der Waals surface area contributed by atoms with Crippen molar-refractivity contribution < 1.29 is 28.7 Å². The largest absolute Gasteiger partial charge is 0.493 e. The Morgan fingerprint density at radius 2 is 1.87 bits per heavy atom. The molecule has 0 aromatic heterocycles. The Hall–Kier alpha value is -3.85. The highest BCUT2D eigenvalue weighted by molar-refractivity contribution is 6.31. The van der Waals surface area contributed by atoms with E-state index >= 15 is 0 Å². The van der Waals surface area contributed by atoms with Crippen molar-refractivity contribution in [3.05, 3.63) is 85.2 Å². The summed E-state index contributed by atoms with van der Waals surface area (Å²) in [5.74, 6) is -0.704. The summed E-state index contributed by atoms with van der Waals surface area (Å²) < 4.78 is 16.5. The van der Waals surface area contributed by atoms with Crippen LogP contribution in [0.1, 0.15) is 63.0 Å². The SMILES string of the molecule is CC[C@@H](C)OC(=O)C1=C(C)NC2=C(C(=O)C[C@H](c3ccc(OC)c(OC)c3)C2)[C@@H]1c1cc([N+](=O)[O-])ccc1Cl. The minimum atomic E-state index is -0.913. The number of dihydropyridines is 1. The number of Topliss-reactive ketones (excluding diaryl/α,β-unsaturated/α-hetero) is 1. The molecule has 3 atom stereocenters. The van der Waals surface area contributed by atoms with Crippen molar-refractivity contribution in [2.45, 2.75) is 58.0 Å². The molecule has 0 spiro atoms. The molecule has 10 heteroatoms. The van der Waals surface area contributed by atoms with Crippen LogP contribution in [-0.4, -0.2) is 37.0 Å². The smallest absolute Gasteiger partial charge is 0.337 e. The van der Waals surface area contributed by atoms with Crippen molar-refractivity contribution in [1.82, 2.24) is 5.32 Å². The van der Waals surface area contributed by atoms with E-state index < -0.39 is 16.8 Å². The molecular weight excluding hydrogens is 524 g/mol. The number of rotatable bonds is 8. The molecule has 1 aliphatic carbocycles. The van der Waals surface area contributed by atoms with E-state index in [2.05, 4.69) is 5.32 Å². The molecule has 0 bridgehead atoms. The van der Waals surface area contributed by atoms with Crippen molar-refractivity contribution in [2.75, 3.05) is 14.2 Å². The van der Waals surface area contributed by atoms with E-state index in [0.717, 1.165) is 5.56 Å². The van der Waals surface area contributed by atoms with Gasteiger partial charge in [-0.3, -0.25) is 14.9 Å². The molecule has 206 valence electrons. The Labute approximate surface area is 231 Å². The number of ketones is 1. The number of non-ortho nitro benzene ring substituents is 1. The van der Waals surface area contributed by atoms with Crippen LogP contribution in [0.2, 0.25) is 5.02 Å². The summed E-state index contributed by atoms with van der Waals surface area (Å²) in [6.45, 7) is 5.41. The number of nitrogens with one attached hydrogen (secondary N) is 1. The van der Waals surface area contributed by atoms with E-state index in [1.807, 2.05) is 19.1 Å². The number of hydrogen-bond acceptors (Lipinski definition) is 8. The first-order valence-electron chi connectivity index (χ1n) is 12.7. The monoisotopic (exact) mass is 554 g/mol. The summed E-state index contributed by atoms with van der Waals surface area (Å²) in [6.07, 6.45) is 0.898. The number of nitro benzene ring substituents is 1. The molecule has 9 nitrogen and oxygen atoms in total. The molecular formula is C29H31ClN2O7. The van der Waals surface area contributed by atoms with Gasteiger partial charge in [0.2, 0.25) is 0 Å². The van der Waals surface area contributed by atoms with E-state index in [-0.39, 0.29) is 40.5 Å². The van der Waals surface area contributed by atoms with Crippen molar-refractivity contribution in [1.29, 1.82) is 0 Å². The topological polar surface area (TPSA) is 117 Å². The number of allylic oxidation sites excluding steroid dienone is 3. The first kappa shape index (κ1) is 28.2. The zero-order valence-electron chi connectivity index (χ0n) is 22.5. The quantitative estimate of drug-likeness (QED) is 0.241. The van der Waals surface area contributed by atoms with Crippen LogP contribution >= 0.6 is 11.6 Å². The fourth-order valence-corrected chi connectivity index (χ4v) is 5.39. The molecule has 0 fully saturated rings. The van der Waals surface area contributed by atoms with Gasteiger partial charge in [0.15, 0.2) is 17.3 Å². The second-order valence-corrected chi connectivity index (χ2v) is 10.1. The predicted octanol–water partition coefficient (Wildman–Crippen LogP) is 5.97. The summed E-state index contributed by atoms with van der Waals surface area (Å²) in [4.78, 5) is 38.4. The van der Waals surface area contributed by atoms with Crippen LogP contribution in [0, 0.1) is 10.1 Å². The Balaban J connectivity index is 1.83. The summed E-state index contributed by atoms with van der Waals surface area (Å²) in [7, 11) is 3.11. The van der Waals surface area contributed by atoms with Crippen LogP contribution in [0.5, 0.6) is 11.5 Å². The van der Waals surface area contributed by atoms with Crippen molar-refractivity contribution in [2.24, 2.45) is 0 Å². The molecule has 2 aromatic carbocycles. The predicted molar refractivity (Wildman–Crippen MR) is 146 cm³/mol. The van der Waals surface area contributed by atoms with Gasteiger partial charge < -0.3 is 19.5 Å². The lowest BCUT2D eigenvalue weighted by Crippen LogP contribution is -2.36. The van der Waals surface area contributed by atoms with E-state index in [1.165, 1.54) is 18.2 Å². The van der Waals surface area contributed by atoms with E-state index in [0.29, 0.717) is 46.9 Å². The van der Waals surface area contributed by atoms with Crippen LogP contribution in [0.3, 0.4) is 0 Å². The minimum Gasteiger partial charge on any atom is -0.493 e. The highest BCUT2D eigenvalue weighted by Crippen LogP contribution is 2.48. The lowest BCUT2D eigenvalue weighted by molar-refractivity contribution is -0.384. The Morgan fingerprint density at radius 3 is 2.51 bits per heavy atom. The third-order valence-corrected chi connectivity index (χ3v) is 7.66. The summed E-state index contributed by atoms with van der Waals surface area (Å²) in [6, 6.07) is 9.62. The molecule has 1 N–H and O–H groups in total. The second-order valence-electron chi connectivity index (χ2n) is 9.72. The lowest BCUT2D eigenvalue weighted by Gasteiger charge is -2.37. The zero-order chi connectivity index (χ0) is 28.4. The number of nitro groups is 1. The number of halogens is 1. The molecule has 2 aliphatic rings. The van der Waals surface area contributed by atoms with Crippen LogP contribution in [0.15, 0.2) is 58.9 Å². The molecule has 0 amide bonds. The number of hydrogen-bond donors (Lipinski definition) is 1. The fraction of sp³-hybridized carbons (Fsp3) is 0.379. The number of carbonyl (C=O) groups excluding carboxylic acids is 2. The van der Waals surface area contributed by atoms with Gasteiger partial charge in [0, 0.05) is 46.5 Å². The normalized spacial score (nSPS) is 19.7. The van der Waals surface area contributed by atoms with Gasteiger partial charge in [0.1, 0.15) is 0 Å². The molecule has 0 unspecified atom stereocenters. The average Bonchev–Trinajstić information content (AvgIpc) is 2.91. The van der Waals surface area contributed by atoms with Crippen molar-refractivity contribution >= 4 is 29.0 Å². The minimum absolute atomic E-state index is 0.161. The van der Waals surface area contributed by atoms with Gasteiger partial charge in [0.05, 0.1) is 30.8 Å². The maximum absolute atomic E-state index is 13.9. The van der Waals surface area contributed by atoms with Gasteiger partial charge >= 0.3 is 5.97 Å². The molecule has 0 saturated heterocycles. The van der Waals surface area contributed by atoms with Gasteiger partial charge in [-0.15, -0.1) is 0 Å². The molecule has 1 heterocycles. The molecule has 4 rings (SSSR count). The molecule has 2 aromatic rings. The maximum atomic E-state index is 13.9. The molecule has 1 aliphatic heterocycles. The van der Waals surface area contributed by atoms with Crippen LogP contribution < -0.4 is 14.8 Å². The van der Waals surface area contributed by atoms with E-state index in [9.17, 15) is 19.7 Å². The Bertz CT molecular complexity index is 1400. The third kappa shape index (κ3) is 5.49. The highest BCUT2D eigenvalue weighted by atomic mass is 35.5. The number of ether oxygens (including phenoxy) is 3. The average molecular weight is 555 g/mol. The van der Waals surface area contributed by atoms with Gasteiger partial charge in [-0.05, 0) is 61.9 Å². The number of methoxy groups -OCH3 is 2. The standard InChI is InChI=1S/C29H31ClN2O7/c1-6-15(2)39-29(34)26-16(3)31-22-11-18(17-7-10-24(37-4)25(13-17)38-5)12-23(33)28(22)27(26)20-14-19(32(35)36)8-9-21(20)30/h7-10,13-15,18,27,31H,6,11-12H2,1-5H3/t15-,18-,27-/m1/s1. The van der Waals surface area contributed by atoms with Gasteiger partial charge in [-0.2, -0.15) is 0 Å². The molecule has 39 heavy (non-hydrogen) atoms. The Morgan fingerprint density at radius 1 is 1.15 bits per heavy atom. The van der Waals surface area contributed by atoms with Gasteiger partial charge in [-0.1, -0.05) is 24.6 Å². The summed E-state index contributed by atoms with van der Waals surface area (Å²) in [5.41, 5.74) is 2.78. The van der Waals surface area contributed by atoms with Crippen molar-refractivity contribution in [3.8, 4) is 11.5 Å². The maximum Gasteiger partial charge on any atom is 0.337 e. The van der Waals surface area contributed by atoms with Crippen LogP contribution in [0.25, 0.3) is 0 Å². The van der Waals surface area contributed by atoms with Crippen molar-refractivity contribution in [3.63, 3.8) is 0 Å². The number of benzene rings is 2. The number of nitrogens with zero attached hydrogens (tertiary/aromatic N) is 1. The summed E-state index contributed by atoms with van der Waals surface area (Å²) in [5, 5.41) is 15.1. The first-order valence-corrected chi connectivity index (χ1v) is 13.1. The highest BCUT2D eigenvalue weighted by Gasteiger charge is 2.43. The molecule has 0 radical (unpaired) electrons. The molecule has 0 saturated carbocycles. The lowest BCUT2D eigenvalue weighted by atomic mass is 9.71. The summed E-state index contributed by atoms with van der Waals surface area (Å²) >= 11 is 6.57. The number of carbonyl (C=O) groups is 2. The van der Waals surface area contributed by atoms with Crippen LogP contribution in [0.4, 0.5) is 5.69 Å². The van der Waals surface area contributed by atoms with Gasteiger partial charge in [-0.25, -0.2) is 4.79 Å². The second kappa shape index (κ2) is 11.5. The van der Waals surface area contributed by atoms with E-state index in [4.69, 9.17) is 25.8 Å².